The molecule has 0 heterocycles. The van der Waals surface area contributed by atoms with Crippen molar-refractivity contribution in [1.29, 1.82) is 0 Å². The van der Waals surface area contributed by atoms with Gasteiger partial charge in [0.1, 0.15) is 18.1 Å². The Morgan fingerprint density at radius 3 is 2.31 bits per heavy atom. The molecule has 3 aromatic rings. The molecule has 0 aliphatic carbocycles. The van der Waals surface area contributed by atoms with E-state index >= 15 is 0 Å². The Kier molecular flexibility index (Phi) is 7.34. The Labute approximate surface area is 191 Å². The van der Waals surface area contributed by atoms with Gasteiger partial charge < -0.3 is 10.1 Å². The van der Waals surface area contributed by atoms with Crippen LogP contribution in [0.25, 0.3) is 0 Å². The zero-order valence-corrected chi connectivity index (χ0v) is 18.9. The summed E-state index contributed by atoms with van der Waals surface area (Å²) in [5, 5.41) is 3.01. The summed E-state index contributed by atoms with van der Waals surface area (Å²) in [6.45, 7) is -0.552. The van der Waals surface area contributed by atoms with E-state index in [1.54, 1.807) is 36.4 Å². The van der Waals surface area contributed by atoms with Crippen LogP contribution in [0.15, 0.2) is 72.8 Å². The van der Waals surface area contributed by atoms with Crippen LogP contribution in [0.1, 0.15) is 0 Å². The third-order valence-corrected chi connectivity index (χ3v) is 6.38. The molecular formula is C22H21ClFN3O4S. The molecule has 168 valence electrons. The maximum absolute atomic E-state index is 13.3. The van der Waals surface area contributed by atoms with E-state index in [1.807, 2.05) is 6.07 Å². The number of amides is 1. The summed E-state index contributed by atoms with van der Waals surface area (Å²) in [7, 11) is -1.35. The third-order valence-electron chi connectivity index (χ3n) is 4.33. The van der Waals surface area contributed by atoms with Gasteiger partial charge in [-0.15, -0.1) is 0 Å². The predicted molar refractivity (Wildman–Crippen MR) is 123 cm³/mol. The number of anilines is 2. The summed E-state index contributed by atoms with van der Waals surface area (Å²) in [5.41, 5.74) is 0.412. The van der Waals surface area contributed by atoms with E-state index in [0.29, 0.717) is 16.5 Å². The molecule has 0 aromatic heterocycles. The van der Waals surface area contributed by atoms with Crippen molar-refractivity contribution in [3.05, 3.63) is 83.6 Å². The number of hydrogen-bond acceptors (Lipinski definition) is 4. The Balaban J connectivity index is 1.86. The van der Waals surface area contributed by atoms with Crippen LogP contribution < -0.4 is 14.4 Å². The molecule has 0 radical (unpaired) electrons. The van der Waals surface area contributed by atoms with E-state index in [4.69, 9.17) is 16.3 Å². The van der Waals surface area contributed by atoms with Crippen LogP contribution in [-0.2, 0) is 15.0 Å². The maximum Gasteiger partial charge on any atom is 0.304 e. The molecule has 0 spiro atoms. The van der Waals surface area contributed by atoms with Crippen LogP contribution in [-0.4, -0.2) is 39.3 Å². The first-order valence-electron chi connectivity index (χ1n) is 9.45. The quantitative estimate of drug-likeness (QED) is 0.517. The number of nitrogens with one attached hydrogen (secondary N) is 1. The van der Waals surface area contributed by atoms with Crippen LogP contribution in [0.3, 0.4) is 0 Å². The van der Waals surface area contributed by atoms with Gasteiger partial charge in [0.05, 0.1) is 11.4 Å². The lowest BCUT2D eigenvalue weighted by molar-refractivity contribution is -0.114. The molecule has 0 saturated carbocycles. The standard InChI is InChI=1S/C22H21ClFN3O4S/c1-26(2)32(29,30)27(18-11-9-17(24)10-12-18)15-22(28)25-20-14-16(23)8-13-21(20)31-19-6-4-3-5-7-19/h3-14H,15H2,1-2H3,(H,25,28). The van der Waals surface area contributed by atoms with Gasteiger partial charge in [-0.1, -0.05) is 29.8 Å². The molecule has 0 bridgehead atoms. The number of ether oxygens (including phenoxy) is 1. The van der Waals surface area contributed by atoms with E-state index in [9.17, 15) is 17.6 Å². The molecule has 7 nitrogen and oxygen atoms in total. The highest BCUT2D eigenvalue weighted by atomic mass is 35.5. The monoisotopic (exact) mass is 477 g/mol. The van der Waals surface area contributed by atoms with Crippen molar-refractivity contribution in [2.45, 2.75) is 0 Å². The van der Waals surface area contributed by atoms with Crippen LogP contribution in [0.4, 0.5) is 15.8 Å². The lowest BCUT2D eigenvalue weighted by atomic mass is 10.2. The van der Waals surface area contributed by atoms with E-state index < -0.39 is 28.5 Å². The Hall–Kier alpha value is -3.14. The number of para-hydroxylation sites is 1. The first-order valence-corrected chi connectivity index (χ1v) is 11.2. The first-order chi connectivity index (χ1) is 15.2. The molecule has 1 amide bonds. The summed E-state index contributed by atoms with van der Waals surface area (Å²) < 4.78 is 46.6. The molecule has 0 aliphatic rings. The van der Waals surface area contributed by atoms with Gasteiger partial charge in [-0.05, 0) is 54.6 Å². The van der Waals surface area contributed by atoms with Gasteiger partial charge in [0.25, 0.3) is 0 Å². The smallest absolute Gasteiger partial charge is 0.304 e. The minimum absolute atomic E-state index is 0.141. The normalized spacial score (nSPS) is 11.3. The summed E-state index contributed by atoms with van der Waals surface area (Å²) >= 11 is 6.08. The SMILES string of the molecule is CN(C)S(=O)(=O)N(CC(=O)Nc1cc(Cl)ccc1Oc1ccccc1)c1ccc(F)cc1. The number of rotatable bonds is 8. The molecule has 0 fully saturated rings. The summed E-state index contributed by atoms with van der Waals surface area (Å²) in [6, 6.07) is 18.5. The third kappa shape index (κ3) is 5.76. The van der Waals surface area contributed by atoms with Gasteiger partial charge in [-0.3, -0.25) is 4.79 Å². The molecule has 10 heteroatoms. The molecule has 32 heavy (non-hydrogen) atoms. The van der Waals surface area contributed by atoms with Gasteiger partial charge in [0.2, 0.25) is 5.91 Å². The number of carbonyl (C=O) groups excluding carboxylic acids is 1. The molecule has 1 N–H and O–H groups in total. The van der Waals surface area contributed by atoms with Crippen molar-refractivity contribution in [1.82, 2.24) is 4.31 Å². The fourth-order valence-electron chi connectivity index (χ4n) is 2.74. The number of halogens is 2. The first kappa shape index (κ1) is 23.5. The number of benzene rings is 3. The average molecular weight is 478 g/mol. The van der Waals surface area contributed by atoms with Crippen molar-refractivity contribution in [2.24, 2.45) is 0 Å². The molecule has 3 rings (SSSR count). The van der Waals surface area contributed by atoms with E-state index in [-0.39, 0.29) is 11.4 Å². The van der Waals surface area contributed by atoms with Crippen LogP contribution >= 0.6 is 11.6 Å². The summed E-state index contributed by atoms with van der Waals surface area (Å²) in [6.07, 6.45) is 0. The molecule has 0 atom stereocenters. The average Bonchev–Trinajstić information content (AvgIpc) is 2.75. The predicted octanol–water partition coefficient (Wildman–Crippen LogP) is 4.52. The van der Waals surface area contributed by atoms with E-state index in [0.717, 1.165) is 20.7 Å². The van der Waals surface area contributed by atoms with Gasteiger partial charge in [0.15, 0.2) is 5.75 Å². The highest BCUT2D eigenvalue weighted by Gasteiger charge is 2.27. The second-order valence-corrected chi connectivity index (χ2v) is 9.38. The Morgan fingerprint density at radius 2 is 1.69 bits per heavy atom. The number of hydrogen-bond donors (Lipinski definition) is 1. The van der Waals surface area contributed by atoms with Gasteiger partial charge in [-0.2, -0.15) is 12.7 Å². The van der Waals surface area contributed by atoms with Crippen molar-refractivity contribution in [2.75, 3.05) is 30.3 Å². The van der Waals surface area contributed by atoms with Crippen LogP contribution in [0.2, 0.25) is 5.02 Å². The van der Waals surface area contributed by atoms with Crippen molar-refractivity contribution < 1.29 is 22.3 Å². The fraction of sp³-hybridized carbons (Fsp3) is 0.136. The van der Waals surface area contributed by atoms with Crippen molar-refractivity contribution >= 4 is 39.1 Å². The van der Waals surface area contributed by atoms with Gasteiger partial charge >= 0.3 is 10.2 Å². The Bertz CT molecular complexity index is 1190. The summed E-state index contributed by atoms with van der Waals surface area (Å²) in [4.78, 5) is 12.8. The molecule has 3 aromatic carbocycles. The molecular weight excluding hydrogens is 457 g/mol. The van der Waals surface area contributed by atoms with Gasteiger partial charge in [0, 0.05) is 19.1 Å². The lowest BCUT2D eigenvalue weighted by Gasteiger charge is -2.27. The van der Waals surface area contributed by atoms with E-state index in [2.05, 4.69) is 5.32 Å². The lowest BCUT2D eigenvalue weighted by Crippen LogP contribution is -2.44. The zero-order valence-electron chi connectivity index (χ0n) is 17.3. The van der Waals surface area contributed by atoms with E-state index in [1.165, 1.54) is 32.3 Å². The van der Waals surface area contributed by atoms with Crippen LogP contribution in [0.5, 0.6) is 11.5 Å². The second-order valence-electron chi connectivity index (χ2n) is 6.88. The molecule has 0 unspecified atom stereocenters. The fourth-order valence-corrected chi connectivity index (χ4v) is 3.97. The zero-order chi connectivity index (χ0) is 23.3. The molecule has 0 saturated heterocycles. The highest BCUT2D eigenvalue weighted by molar-refractivity contribution is 7.90. The number of carbonyl (C=O) groups is 1. The minimum atomic E-state index is -4.03. The van der Waals surface area contributed by atoms with Crippen LogP contribution in [0, 0.1) is 5.82 Å². The number of nitrogens with zero attached hydrogens (tertiary/aromatic N) is 2. The Morgan fingerprint density at radius 1 is 1.03 bits per heavy atom. The van der Waals surface area contributed by atoms with Gasteiger partial charge in [-0.25, -0.2) is 8.70 Å². The molecule has 0 aliphatic heterocycles. The second kappa shape index (κ2) is 9.99. The topological polar surface area (TPSA) is 79.0 Å². The highest BCUT2D eigenvalue weighted by Crippen LogP contribution is 2.32. The summed E-state index contributed by atoms with van der Waals surface area (Å²) in [5.74, 6) is -0.284. The minimum Gasteiger partial charge on any atom is -0.455 e. The maximum atomic E-state index is 13.3. The largest absolute Gasteiger partial charge is 0.455 e. The van der Waals surface area contributed by atoms with Crippen molar-refractivity contribution in [3.63, 3.8) is 0 Å². The van der Waals surface area contributed by atoms with Crippen molar-refractivity contribution in [3.8, 4) is 11.5 Å².